The first kappa shape index (κ1) is 13.1. The number of nitrogens with zero attached hydrogens (tertiary/aromatic N) is 2. The third-order valence-corrected chi connectivity index (χ3v) is 5.19. The standard InChI is InChI=1S/C10H13N3O3S2/c1-7-6-17-9(5-14)10(7)18(15,16)12-8-3-11-13(2)4-8/h3-4,6,12,14H,5H2,1-2H3. The van der Waals surface area contributed by atoms with E-state index in [1.807, 2.05) is 0 Å². The highest BCUT2D eigenvalue weighted by atomic mass is 32.2. The number of hydrogen-bond donors (Lipinski definition) is 2. The minimum atomic E-state index is -3.68. The number of aryl methyl sites for hydroxylation is 2. The summed E-state index contributed by atoms with van der Waals surface area (Å²) in [5.41, 5.74) is 1.02. The first-order valence-electron chi connectivity index (χ1n) is 5.13. The Labute approximate surface area is 109 Å². The van der Waals surface area contributed by atoms with Gasteiger partial charge in [0.25, 0.3) is 10.0 Å². The predicted molar refractivity (Wildman–Crippen MR) is 69.0 cm³/mol. The van der Waals surface area contributed by atoms with Gasteiger partial charge in [0.05, 0.1) is 23.4 Å². The van der Waals surface area contributed by atoms with E-state index >= 15 is 0 Å². The van der Waals surface area contributed by atoms with E-state index in [1.54, 1.807) is 25.5 Å². The summed E-state index contributed by atoms with van der Waals surface area (Å²) >= 11 is 1.23. The molecule has 0 aliphatic rings. The van der Waals surface area contributed by atoms with Gasteiger partial charge >= 0.3 is 0 Å². The molecule has 0 atom stereocenters. The van der Waals surface area contributed by atoms with E-state index in [9.17, 15) is 8.42 Å². The highest BCUT2D eigenvalue weighted by Gasteiger charge is 2.23. The minimum absolute atomic E-state index is 0.152. The van der Waals surface area contributed by atoms with Crippen LogP contribution in [0.3, 0.4) is 0 Å². The molecule has 0 fully saturated rings. The summed E-state index contributed by atoms with van der Waals surface area (Å²) in [6.45, 7) is 1.41. The molecule has 0 saturated carbocycles. The normalized spacial score (nSPS) is 11.7. The molecule has 2 N–H and O–H groups in total. The lowest BCUT2D eigenvalue weighted by Crippen LogP contribution is -2.14. The fourth-order valence-corrected chi connectivity index (χ4v) is 4.33. The van der Waals surface area contributed by atoms with Crippen LogP contribution in [-0.2, 0) is 23.7 Å². The number of rotatable bonds is 4. The second-order valence-corrected chi connectivity index (χ2v) is 6.42. The maximum absolute atomic E-state index is 12.2. The number of hydrogen-bond acceptors (Lipinski definition) is 5. The lowest BCUT2D eigenvalue weighted by Gasteiger charge is -2.07. The van der Waals surface area contributed by atoms with Gasteiger partial charge in [-0.15, -0.1) is 11.3 Å². The van der Waals surface area contributed by atoms with Crippen molar-refractivity contribution in [2.24, 2.45) is 7.05 Å². The summed E-state index contributed by atoms with van der Waals surface area (Å²) in [5, 5.41) is 14.8. The number of nitrogens with one attached hydrogen (secondary N) is 1. The Bertz CT molecular complexity index is 658. The third kappa shape index (κ3) is 2.40. The summed E-state index contributed by atoms with van der Waals surface area (Å²) < 4.78 is 28.4. The van der Waals surface area contributed by atoms with Crippen LogP contribution in [0, 0.1) is 6.92 Å². The molecule has 2 aromatic heterocycles. The Kier molecular flexibility index (Phi) is 3.42. The zero-order valence-corrected chi connectivity index (χ0v) is 11.5. The quantitative estimate of drug-likeness (QED) is 0.881. The van der Waals surface area contributed by atoms with Gasteiger partial charge in [0.2, 0.25) is 0 Å². The van der Waals surface area contributed by atoms with Crippen molar-refractivity contribution in [3.05, 3.63) is 28.2 Å². The summed E-state index contributed by atoms with van der Waals surface area (Å²) in [6, 6.07) is 0. The van der Waals surface area contributed by atoms with Crippen molar-refractivity contribution in [1.82, 2.24) is 9.78 Å². The monoisotopic (exact) mass is 287 g/mol. The highest BCUT2D eigenvalue weighted by molar-refractivity contribution is 7.93. The number of aromatic nitrogens is 2. The molecule has 0 aliphatic carbocycles. The summed E-state index contributed by atoms with van der Waals surface area (Å²) in [7, 11) is -1.98. The second-order valence-electron chi connectivity index (χ2n) is 3.84. The molecule has 98 valence electrons. The number of sulfonamides is 1. The first-order chi connectivity index (χ1) is 8.44. The molecule has 0 bridgehead atoms. The summed E-state index contributed by atoms with van der Waals surface area (Å²) in [4.78, 5) is 0.586. The largest absolute Gasteiger partial charge is 0.391 e. The van der Waals surface area contributed by atoms with Gasteiger partial charge in [-0.1, -0.05) is 0 Å². The van der Waals surface area contributed by atoms with Crippen LogP contribution in [-0.4, -0.2) is 23.3 Å². The molecule has 0 aliphatic heterocycles. The average Bonchev–Trinajstić information content (AvgIpc) is 2.84. The van der Waals surface area contributed by atoms with Crippen molar-refractivity contribution in [2.75, 3.05) is 4.72 Å². The van der Waals surface area contributed by atoms with E-state index in [0.717, 1.165) is 0 Å². The average molecular weight is 287 g/mol. The summed E-state index contributed by atoms with van der Waals surface area (Å²) in [5.74, 6) is 0. The molecule has 2 rings (SSSR count). The van der Waals surface area contributed by atoms with Gasteiger partial charge < -0.3 is 5.11 Å². The maximum Gasteiger partial charge on any atom is 0.263 e. The maximum atomic E-state index is 12.2. The number of thiophene rings is 1. The molecular formula is C10H13N3O3S2. The Hall–Kier alpha value is -1.38. The zero-order valence-electron chi connectivity index (χ0n) is 9.91. The Morgan fingerprint density at radius 1 is 1.56 bits per heavy atom. The highest BCUT2D eigenvalue weighted by Crippen LogP contribution is 2.28. The van der Waals surface area contributed by atoms with Crippen molar-refractivity contribution in [2.45, 2.75) is 18.4 Å². The predicted octanol–water partition coefficient (Wildman–Crippen LogP) is 1.08. The van der Waals surface area contributed by atoms with Gasteiger partial charge in [0, 0.05) is 13.2 Å². The van der Waals surface area contributed by atoms with E-state index in [1.165, 1.54) is 22.2 Å². The third-order valence-electron chi connectivity index (χ3n) is 2.36. The van der Waals surface area contributed by atoms with Crippen LogP contribution >= 0.6 is 11.3 Å². The molecule has 8 heteroatoms. The second kappa shape index (κ2) is 4.71. The molecule has 2 heterocycles. The molecule has 2 aromatic rings. The van der Waals surface area contributed by atoms with Gasteiger partial charge in [-0.2, -0.15) is 5.10 Å². The number of anilines is 1. The molecule has 0 radical (unpaired) electrons. The first-order valence-corrected chi connectivity index (χ1v) is 7.49. The Morgan fingerprint density at radius 3 is 2.83 bits per heavy atom. The fraction of sp³-hybridized carbons (Fsp3) is 0.300. The number of aliphatic hydroxyl groups excluding tert-OH is 1. The van der Waals surface area contributed by atoms with Crippen LogP contribution < -0.4 is 4.72 Å². The van der Waals surface area contributed by atoms with Crippen LogP contribution in [0.5, 0.6) is 0 Å². The van der Waals surface area contributed by atoms with Crippen molar-refractivity contribution in [1.29, 1.82) is 0 Å². The van der Waals surface area contributed by atoms with Crippen LogP contribution in [0.2, 0.25) is 0 Å². The molecule has 0 unspecified atom stereocenters. The van der Waals surface area contributed by atoms with E-state index in [0.29, 0.717) is 16.1 Å². The van der Waals surface area contributed by atoms with Gasteiger partial charge in [-0.25, -0.2) is 8.42 Å². The molecule has 6 nitrogen and oxygen atoms in total. The van der Waals surface area contributed by atoms with E-state index in [2.05, 4.69) is 9.82 Å². The van der Waals surface area contributed by atoms with Crippen molar-refractivity contribution in [3.63, 3.8) is 0 Å². The SMILES string of the molecule is Cc1csc(CO)c1S(=O)(=O)Nc1cnn(C)c1. The van der Waals surface area contributed by atoms with E-state index in [-0.39, 0.29) is 11.5 Å². The van der Waals surface area contributed by atoms with Gasteiger partial charge in [-0.3, -0.25) is 9.40 Å². The van der Waals surface area contributed by atoms with E-state index < -0.39 is 10.0 Å². The smallest absolute Gasteiger partial charge is 0.263 e. The molecule has 0 amide bonds. The summed E-state index contributed by atoms with van der Waals surface area (Å²) in [6.07, 6.45) is 3.00. The van der Waals surface area contributed by atoms with Gasteiger partial charge in [-0.05, 0) is 17.9 Å². The Balaban J connectivity index is 2.39. The fourth-order valence-electron chi connectivity index (χ4n) is 1.64. The lowest BCUT2D eigenvalue weighted by atomic mass is 10.3. The van der Waals surface area contributed by atoms with Crippen LogP contribution in [0.15, 0.2) is 22.7 Å². The van der Waals surface area contributed by atoms with Crippen LogP contribution in [0.25, 0.3) is 0 Å². The minimum Gasteiger partial charge on any atom is -0.391 e. The molecule has 0 saturated heterocycles. The van der Waals surface area contributed by atoms with Crippen LogP contribution in [0.4, 0.5) is 5.69 Å². The van der Waals surface area contributed by atoms with E-state index in [4.69, 9.17) is 5.11 Å². The number of aliphatic hydroxyl groups is 1. The van der Waals surface area contributed by atoms with Gasteiger partial charge in [0.15, 0.2) is 0 Å². The van der Waals surface area contributed by atoms with Crippen molar-refractivity contribution in [3.8, 4) is 0 Å². The van der Waals surface area contributed by atoms with Crippen LogP contribution in [0.1, 0.15) is 10.4 Å². The molecule has 0 spiro atoms. The molecule has 18 heavy (non-hydrogen) atoms. The zero-order chi connectivity index (χ0) is 13.3. The molecule has 0 aromatic carbocycles. The van der Waals surface area contributed by atoms with Crippen molar-refractivity contribution < 1.29 is 13.5 Å². The van der Waals surface area contributed by atoms with Gasteiger partial charge in [0.1, 0.15) is 4.90 Å². The topological polar surface area (TPSA) is 84.2 Å². The molecular weight excluding hydrogens is 274 g/mol. The lowest BCUT2D eigenvalue weighted by molar-refractivity contribution is 0.282. The Morgan fingerprint density at radius 2 is 2.28 bits per heavy atom. The van der Waals surface area contributed by atoms with Crippen molar-refractivity contribution >= 4 is 27.0 Å².